The number of aromatic nitrogens is 1. The van der Waals surface area contributed by atoms with E-state index in [1.807, 2.05) is 13.0 Å². The van der Waals surface area contributed by atoms with Crippen LogP contribution < -0.4 is 14.2 Å². The van der Waals surface area contributed by atoms with E-state index >= 15 is 0 Å². The van der Waals surface area contributed by atoms with E-state index in [0.717, 1.165) is 11.3 Å². The van der Waals surface area contributed by atoms with Crippen molar-refractivity contribution in [2.45, 2.75) is 13.5 Å². The van der Waals surface area contributed by atoms with Crippen LogP contribution in [0.25, 0.3) is 0 Å². The minimum Gasteiger partial charge on any atom is -0.493 e. The highest BCUT2D eigenvalue weighted by Crippen LogP contribution is 2.39. The fourth-order valence-corrected chi connectivity index (χ4v) is 1.87. The van der Waals surface area contributed by atoms with Crippen LogP contribution in [-0.2, 0) is 6.61 Å². The summed E-state index contributed by atoms with van der Waals surface area (Å²) in [5.41, 5.74) is 1.50. The second kappa shape index (κ2) is 6.25. The summed E-state index contributed by atoms with van der Waals surface area (Å²) < 4.78 is 16.3. The molecule has 0 radical (unpaired) electrons. The van der Waals surface area contributed by atoms with Gasteiger partial charge in [0.15, 0.2) is 11.5 Å². The molecule has 0 aliphatic rings. The van der Waals surface area contributed by atoms with Crippen LogP contribution in [0.1, 0.15) is 11.3 Å². The smallest absolute Gasteiger partial charge is 0.220 e. The van der Waals surface area contributed by atoms with Gasteiger partial charge >= 0.3 is 0 Å². The largest absolute Gasteiger partial charge is 0.493 e. The predicted octanol–water partition coefficient (Wildman–Crippen LogP) is 2.69. The van der Waals surface area contributed by atoms with Gasteiger partial charge in [0.1, 0.15) is 0 Å². The molecule has 1 N–H and O–H groups in total. The molecule has 0 fully saturated rings. The number of para-hydroxylation sites is 1. The first kappa shape index (κ1) is 14.1. The lowest BCUT2D eigenvalue weighted by molar-refractivity contribution is 0.280. The van der Waals surface area contributed by atoms with Gasteiger partial charge in [-0.25, -0.2) is 4.98 Å². The summed E-state index contributed by atoms with van der Waals surface area (Å²) in [6, 6.07) is 8.85. The monoisotopic (exact) mass is 275 g/mol. The van der Waals surface area contributed by atoms with Gasteiger partial charge in [0.25, 0.3) is 0 Å². The third-order valence-electron chi connectivity index (χ3n) is 2.76. The Labute approximate surface area is 117 Å². The molecule has 2 aromatic rings. The van der Waals surface area contributed by atoms with Crippen molar-refractivity contribution in [3.05, 3.63) is 41.6 Å². The minimum absolute atomic E-state index is 0.0667. The van der Waals surface area contributed by atoms with E-state index in [2.05, 4.69) is 4.98 Å². The van der Waals surface area contributed by atoms with E-state index in [1.54, 1.807) is 38.5 Å². The molecule has 0 amide bonds. The number of rotatable bonds is 5. The third kappa shape index (κ3) is 3.00. The molecule has 0 atom stereocenters. The number of aliphatic hydroxyl groups is 1. The summed E-state index contributed by atoms with van der Waals surface area (Å²) in [5.74, 6) is 1.95. The zero-order valence-corrected chi connectivity index (χ0v) is 11.7. The Kier molecular flexibility index (Phi) is 4.42. The summed E-state index contributed by atoms with van der Waals surface area (Å²) in [6.45, 7) is 1.77. The van der Waals surface area contributed by atoms with Crippen LogP contribution >= 0.6 is 0 Å². The van der Waals surface area contributed by atoms with Crippen molar-refractivity contribution in [1.82, 2.24) is 4.98 Å². The zero-order chi connectivity index (χ0) is 14.5. The highest BCUT2D eigenvalue weighted by atomic mass is 16.5. The number of aliphatic hydroxyl groups excluding tert-OH is 1. The number of pyridine rings is 1. The molecule has 1 aromatic carbocycles. The van der Waals surface area contributed by atoms with Crippen LogP contribution in [-0.4, -0.2) is 24.3 Å². The van der Waals surface area contributed by atoms with E-state index in [4.69, 9.17) is 14.2 Å². The molecule has 20 heavy (non-hydrogen) atoms. The Morgan fingerprint density at radius 3 is 2.30 bits per heavy atom. The van der Waals surface area contributed by atoms with Gasteiger partial charge in [-0.15, -0.1) is 0 Å². The Morgan fingerprint density at radius 2 is 1.75 bits per heavy atom. The number of hydrogen-bond donors (Lipinski definition) is 1. The van der Waals surface area contributed by atoms with Crippen LogP contribution in [0, 0.1) is 6.92 Å². The van der Waals surface area contributed by atoms with Crippen molar-refractivity contribution in [3.63, 3.8) is 0 Å². The summed E-state index contributed by atoms with van der Waals surface area (Å²) in [5, 5.41) is 9.22. The first-order valence-electron chi connectivity index (χ1n) is 6.15. The maximum atomic E-state index is 9.22. The standard InChI is InChI=1S/C15H17NO4/c1-10-7-11(9-17)8-14(16-10)20-15-12(18-2)5-4-6-13(15)19-3/h4-8,17H,9H2,1-3H3. The van der Waals surface area contributed by atoms with Crippen LogP contribution in [0.15, 0.2) is 30.3 Å². The fraction of sp³-hybridized carbons (Fsp3) is 0.267. The summed E-state index contributed by atoms with van der Waals surface area (Å²) in [6.07, 6.45) is 0. The van der Waals surface area contributed by atoms with Crippen molar-refractivity contribution < 1.29 is 19.3 Å². The van der Waals surface area contributed by atoms with Gasteiger partial charge in [-0.05, 0) is 30.7 Å². The van der Waals surface area contributed by atoms with E-state index in [9.17, 15) is 5.11 Å². The molecular formula is C15H17NO4. The first-order chi connectivity index (χ1) is 9.67. The van der Waals surface area contributed by atoms with Crippen molar-refractivity contribution in [2.24, 2.45) is 0 Å². The van der Waals surface area contributed by atoms with Crippen molar-refractivity contribution >= 4 is 0 Å². The average Bonchev–Trinajstić information content (AvgIpc) is 2.46. The Bertz CT molecular complexity index is 576. The number of aryl methyl sites for hydroxylation is 1. The SMILES string of the molecule is COc1cccc(OC)c1Oc1cc(CO)cc(C)n1. The van der Waals surface area contributed by atoms with Crippen LogP contribution in [0.5, 0.6) is 23.1 Å². The van der Waals surface area contributed by atoms with Crippen LogP contribution in [0.2, 0.25) is 0 Å². The van der Waals surface area contributed by atoms with Crippen LogP contribution in [0.4, 0.5) is 0 Å². The molecule has 0 unspecified atom stereocenters. The predicted molar refractivity (Wildman–Crippen MR) is 74.5 cm³/mol. The van der Waals surface area contributed by atoms with Crippen molar-refractivity contribution in [1.29, 1.82) is 0 Å². The summed E-state index contributed by atoms with van der Waals surface area (Å²) >= 11 is 0. The molecule has 5 nitrogen and oxygen atoms in total. The summed E-state index contributed by atoms with van der Waals surface area (Å²) in [4.78, 5) is 4.28. The molecule has 2 rings (SSSR count). The fourth-order valence-electron chi connectivity index (χ4n) is 1.87. The summed E-state index contributed by atoms with van der Waals surface area (Å²) in [7, 11) is 3.12. The van der Waals surface area contributed by atoms with E-state index < -0.39 is 0 Å². The Morgan fingerprint density at radius 1 is 1.10 bits per heavy atom. The maximum Gasteiger partial charge on any atom is 0.220 e. The van der Waals surface area contributed by atoms with Gasteiger partial charge in [0.2, 0.25) is 11.6 Å². The second-order valence-corrected chi connectivity index (χ2v) is 4.21. The highest BCUT2D eigenvalue weighted by Gasteiger charge is 2.13. The molecule has 5 heteroatoms. The van der Waals surface area contributed by atoms with E-state index in [0.29, 0.717) is 23.1 Å². The molecule has 1 heterocycles. The van der Waals surface area contributed by atoms with Gasteiger partial charge < -0.3 is 19.3 Å². The van der Waals surface area contributed by atoms with Gasteiger partial charge in [0, 0.05) is 11.8 Å². The van der Waals surface area contributed by atoms with Gasteiger partial charge in [-0.3, -0.25) is 0 Å². The van der Waals surface area contributed by atoms with E-state index in [-0.39, 0.29) is 6.61 Å². The Balaban J connectivity index is 2.41. The lowest BCUT2D eigenvalue weighted by Crippen LogP contribution is -1.97. The quantitative estimate of drug-likeness (QED) is 0.909. The minimum atomic E-state index is -0.0667. The molecule has 0 saturated carbocycles. The lowest BCUT2D eigenvalue weighted by atomic mass is 10.2. The number of methoxy groups -OCH3 is 2. The number of ether oxygens (including phenoxy) is 3. The molecular weight excluding hydrogens is 258 g/mol. The highest BCUT2D eigenvalue weighted by molar-refractivity contribution is 5.52. The number of benzene rings is 1. The maximum absolute atomic E-state index is 9.22. The van der Waals surface area contributed by atoms with Crippen LogP contribution in [0.3, 0.4) is 0 Å². The van der Waals surface area contributed by atoms with Crippen molar-refractivity contribution in [2.75, 3.05) is 14.2 Å². The molecule has 0 aliphatic heterocycles. The zero-order valence-electron chi connectivity index (χ0n) is 11.7. The first-order valence-corrected chi connectivity index (χ1v) is 6.15. The second-order valence-electron chi connectivity index (χ2n) is 4.21. The van der Waals surface area contributed by atoms with Gasteiger partial charge in [-0.1, -0.05) is 6.07 Å². The molecule has 0 saturated heterocycles. The molecule has 1 aromatic heterocycles. The van der Waals surface area contributed by atoms with Crippen molar-refractivity contribution in [3.8, 4) is 23.1 Å². The molecule has 0 spiro atoms. The Hall–Kier alpha value is -2.27. The molecule has 106 valence electrons. The number of nitrogens with zero attached hydrogens (tertiary/aromatic N) is 1. The normalized spacial score (nSPS) is 10.2. The van der Waals surface area contributed by atoms with Gasteiger partial charge in [-0.2, -0.15) is 0 Å². The molecule has 0 bridgehead atoms. The topological polar surface area (TPSA) is 60.8 Å². The van der Waals surface area contributed by atoms with Gasteiger partial charge in [0.05, 0.1) is 20.8 Å². The average molecular weight is 275 g/mol. The number of hydrogen-bond acceptors (Lipinski definition) is 5. The third-order valence-corrected chi connectivity index (χ3v) is 2.76. The van der Waals surface area contributed by atoms with E-state index in [1.165, 1.54) is 0 Å². The lowest BCUT2D eigenvalue weighted by Gasteiger charge is -2.14. The molecule has 0 aliphatic carbocycles.